The molecule has 0 fully saturated rings. The molecular formula is C4H7ClO4S. The summed E-state index contributed by atoms with van der Waals surface area (Å²) >= 11 is 2.82. The van der Waals surface area contributed by atoms with E-state index in [1.54, 1.807) is 0 Å². The van der Waals surface area contributed by atoms with Crippen molar-refractivity contribution >= 4 is 28.1 Å². The third-order valence-electron chi connectivity index (χ3n) is 0.776. The van der Waals surface area contributed by atoms with Gasteiger partial charge in [-0.1, -0.05) is 0 Å². The van der Waals surface area contributed by atoms with E-state index in [2.05, 4.69) is 4.74 Å². The summed E-state index contributed by atoms with van der Waals surface area (Å²) in [6, 6.07) is 0. The van der Waals surface area contributed by atoms with E-state index in [9.17, 15) is 9.00 Å². The summed E-state index contributed by atoms with van der Waals surface area (Å²) in [6.07, 6.45) is 0. The van der Waals surface area contributed by atoms with E-state index in [4.69, 9.17) is 16.2 Å². The van der Waals surface area contributed by atoms with Crippen LogP contribution in [0.1, 0.15) is 6.92 Å². The van der Waals surface area contributed by atoms with Crippen LogP contribution in [0, 0.1) is 0 Å². The van der Waals surface area contributed by atoms with Crippen molar-refractivity contribution < 1.29 is 18.3 Å². The smallest absolute Gasteiger partial charge is 0.403 e. The van der Waals surface area contributed by atoms with Crippen LogP contribution in [0.15, 0.2) is 0 Å². The summed E-state index contributed by atoms with van der Waals surface area (Å²) in [4.78, 5) is 9.93. The highest BCUT2D eigenvalue weighted by Gasteiger charge is 2.09. The third kappa shape index (κ3) is 4.72. The van der Waals surface area contributed by atoms with Crippen LogP contribution in [-0.2, 0) is 15.8 Å². The zero-order valence-electron chi connectivity index (χ0n) is 5.24. The number of carbonyl (C=O) groups is 1. The molecule has 0 aromatic heterocycles. The molecule has 0 saturated carbocycles. The van der Waals surface area contributed by atoms with E-state index in [0.717, 1.165) is 0 Å². The van der Waals surface area contributed by atoms with E-state index in [-0.39, 0.29) is 6.61 Å². The maximum absolute atomic E-state index is 10.2. The average molecular weight is 187 g/mol. The number of rotatable bonds is 3. The van der Waals surface area contributed by atoms with Crippen molar-refractivity contribution in [3.05, 3.63) is 0 Å². The van der Waals surface area contributed by atoms with Gasteiger partial charge in [0.25, 0.3) is 0 Å². The molecule has 1 N–H and O–H groups in total. The molecule has 4 nitrogen and oxygen atoms in total. The molecule has 0 spiro atoms. The van der Waals surface area contributed by atoms with Crippen LogP contribution >= 0.6 is 11.6 Å². The molecule has 2 unspecified atom stereocenters. The molecule has 0 amide bonds. The summed E-state index contributed by atoms with van der Waals surface area (Å²) in [5, 5.41) is -0.595. The Morgan fingerprint density at radius 2 is 2.40 bits per heavy atom. The van der Waals surface area contributed by atoms with E-state index >= 15 is 0 Å². The standard InChI is InChI=1S/C4H7ClO4S/c1-3(10(7)8)2-9-4(5)6/h3H,2H2,1H3,(H,7,8). The average Bonchev–Trinajstić information content (AvgIpc) is 1.82. The molecule has 6 heteroatoms. The summed E-state index contributed by atoms with van der Waals surface area (Å²) in [6.45, 7) is 1.33. The van der Waals surface area contributed by atoms with Gasteiger partial charge >= 0.3 is 5.43 Å². The molecule has 0 rings (SSSR count). The fourth-order valence-corrected chi connectivity index (χ4v) is 0.489. The maximum Gasteiger partial charge on any atom is 0.403 e. The van der Waals surface area contributed by atoms with Gasteiger partial charge < -0.3 is 9.29 Å². The Balaban J connectivity index is 3.49. The summed E-state index contributed by atoms with van der Waals surface area (Å²) in [5.74, 6) is 0. The first-order chi connectivity index (χ1) is 4.54. The van der Waals surface area contributed by atoms with Crippen molar-refractivity contribution in [3.63, 3.8) is 0 Å². The minimum absolute atomic E-state index is 0.133. The van der Waals surface area contributed by atoms with Crippen LogP contribution in [-0.4, -0.2) is 26.0 Å². The van der Waals surface area contributed by atoms with Gasteiger partial charge in [0.2, 0.25) is 0 Å². The van der Waals surface area contributed by atoms with E-state index in [0.29, 0.717) is 0 Å². The Morgan fingerprint density at radius 3 is 2.70 bits per heavy atom. The van der Waals surface area contributed by atoms with Crippen LogP contribution in [0.2, 0.25) is 0 Å². The Labute approximate surface area is 65.8 Å². The second-order valence-electron chi connectivity index (χ2n) is 1.64. The van der Waals surface area contributed by atoms with E-state index in [1.165, 1.54) is 6.92 Å². The molecule has 0 bridgehead atoms. The van der Waals surface area contributed by atoms with Gasteiger partial charge in [0.1, 0.15) is 6.61 Å². The zero-order valence-corrected chi connectivity index (χ0v) is 6.82. The third-order valence-corrected chi connectivity index (χ3v) is 1.71. The lowest BCUT2D eigenvalue weighted by molar-refractivity contribution is 0.174. The molecule has 0 saturated heterocycles. The second kappa shape index (κ2) is 4.65. The monoisotopic (exact) mass is 186 g/mol. The normalized spacial score (nSPS) is 15.9. The molecule has 0 aliphatic carbocycles. The van der Waals surface area contributed by atoms with Crippen LogP contribution in [0.4, 0.5) is 4.79 Å². The van der Waals surface area contributed by atoms with Gasteiger partial charge in [-0.3, -0.25) is 0 Å². The number of carbonyl (C=O) groups excluding carboxylic acids is 1. The molecule has 0 aromatic carbocycles. The van der Waals surface area contributed by atoms with Gasteiger partial charge in [-0.15, -0.1) is 0 Å². The fraction of sp³-hybridized carbons (Fsp3) is 0.750. The number of halogens is 1. The molecule has 2 atom stereocenters. The molecule has 10 heavy (non-hydrogen) atoms. The number of hydrogen-bond donors (Lipinski definition) is 1. The molecule has 0 radical (unpaired) electrons. The molecule has 60 valence electrons. The lowest BCUT2D eigenvalue weighted by Gasteiger charge is -2.04. The Morgan fingerprint density at radius 1 is 1.90 bits per heavy atom. The van der Waals surface area contributed by atoms with Crippen molar-refractivity contribution in [3.8, 4) is 0 Å². The predicted octanol–water partition coefficient (Wildman–Crippen LogP) is 0.972. The molecule has 0 aliphatic heterocycles. The lowest BCUT2D eigenvalue weighted by Crippen LogP contribution is -2.17. The van der Waals surface area contributed by atoms with Gasteiger partial charge in [-0.25, -0.2) is 9.00 Å². The SMILES string of the molecule is CC(COC(=O)Cl)S(=O)O. The molecule has 0 aromatic rings. The number of ether oxygens (including phenoxy) is 1. The van der Waals surface area contributed by atoms with Crippen molar-refractivity contribution in [2.75, 3.05) is 6.61 Å². The van der Waals surface area contributed by atoms with Crippen LogP contribution in [0.25, 0.3) is 0 Å². The zero-order chi connectivity index (χ0) is 8.15. The van der Waals surface area contributed by atoms with Crippen LogP contribution < -0.4 is 0 Å². The quantitative estimate of drug-likeness (QED) is 0.527. The van der Waals surface area contributed by atoms with E-state index in [1.807, 2.05) is 0 Å². The second-order valence-corrected chi connectivity index (χ2v) is 3.30. The minimum Gasteiger partial charge on any atom is -0.452 e. The lowest BCUT2D eigenvalue weighted by atomic mass is 10.5. The fourth-order valence-electron chi connectivity index (χ4n) is 0.241. The molecule has 0 aliphatic rings. The van der Waals surface area contributed by atoms with Crippen molar-refractivity contribution in [1.29, 1.82) is 0 Å². The first kappa shape index (κ1) is 9.87. The highest BCUT2D eigenvalue weighted by atomic mass is 35.5. The highest BCUT2D eigenvalue weighted by Crippen LogP contribution is 1.95. The largest absolute Gasteiger partial charge is 0.452 e. The van der Waals surface area contributed by atoms with Crippen molar-refractivity contribution in [1.82, 2.24) is 0 Å². The molecular weight excluding hydrogens is 180 g/mol. The number of hydrogen-bond acceptors (Lipinski definition) is 3. The van der Waals surface area contributed by atoms with E-state index < -0.39 is 21.8 Å². The summed E-state index contributed by atoms with van der Waals surface area (Å²) in [7, 11) is 0. The maximum atomic E-state index is 10.2. The highest BCUT2D eigenvalue weighted by molar-refractivity contribution is 7.79. The molecule has 0 heterocycles. The topological polar surface area (TPSA) is 63.6 Å². The van der Waals surface area contributed by atoms with Gasteiger partial charge in [0, 0.05) is 11.6 Å². The predicted molar refractivity (Wildman–Crippen MR) is 37.4 cm³/mol. The minimum atomic E-state index is -1.96. The summed E-state index contributed by atoms with van der Waals surface area (Å²) in [5.41, 5.74) is -0.961. The van der Waals surface area contributed by atoms with Crippen LogP contribution in [0.5, 0.6) is 0 Å². The van der Waals surface area contributed by atoms with Crippen LogP contribution in [0.3, 0.4) is 0 Å². The van der Waals surface area contributed by atoms with Gasteiger partial charge in [-0.05, 0) is 6.92 Å². The van der Waals surface area contributed by atoms with Gasteiger partial charge in [0.15, 0.2) is 11.1 Å². The van der Waals surface area contributed by atoms with Crippen molar-refractivity contribution in [2.45, 2.75) is 12.2 Å². The Hall–Kier alpha value is -0.130. The van der Waals surface area contributed by atoms with Gasteiger partial charge in [-0.2, -0.15) is 0 Å². The first-order valence-electron chi connectivity index (χ1n) is 2.46. The first-order valence-corrected chi connectivity index (χ1v) is 4.00. The Kier molecular flexibility index (Phi) is 4.59. The Bertz CT molecular complexity index is 148. The summed E-state index contributed by atoms with van der Waals surface area (Å²) < 4.78 is 22.8. The van der Waals surface area contributed by atoms with Gasteiger partial charge in [0.05, 0.1) is 5.25 Å². The van der Waals surface area contributed by atoms with Crippen molar-refractivity contribution in [2.24, 2.45) is 0 Å².